The van der Waals surface area contributed by atoms with Crippen LogP contribution in [-0.4, -0.2) is 15.1 Å². The average Bonchev–Trinajstić information content (AvgIpc) is 3.11. The Morgan fingerprint density at radius 1 is 0.923 bits per heavy atom. The number of pyridine rings is 2. The predicted molar refractivity (Wildman–Crippen MR) is 97.7 cm³/mol. The molecule has 0 amide bonds. The molecule has 128 valence electrons. The first-order chi connectivity index (χ1) is 12.8. The van der Waals surface area contributed by atoms with E-state index >= 15 is 0 Å². The van der Waals surface area contributed by atoms with Gasteiger partial charge in [-0.05, 0) is 35.9 Å². The molecule has 3 heterocycles. The van der Waals surface area contributed by atoms with Crippen molar-refractivity contribution in [1.29, 1.82) is 0 Å². The van der Waals surface area contributed by atoms with Crippen LogP contribution in [0, 0.1) is 0 Å². The van der Waals surface area contributed by atoms with Crippen LogP contribution in [0.25, 0.3) is 11.3 Å². The molecule has 6 heteroatoms. The number of ether oxygens (including phenoxy) is 1. The van der Waals surface area contributed by atoms with Crippen LogP contribution in [0.4, 0.5) is 5.82 Å². The van der Waals surface area contributed by atoms with E-state index in [0.717, 1.165) is 22.6 Å². The third-order valence-electron chi connectivity index (χ3n) is 3.81. The van der Waals surface area contributed by atoms with E-state index in [0.29, 0.717) is 23.9 Å². The molecule has 26 heavy (non-hydrogen) atoms. The number of para-hydroxylation sites is 1. The SMILES string of the molecule is Nc1ncccc1-c1cc(Cc2ccnc(Oc3ccccc3)c2)no1. The van der Waals surface area contributed by atoms with Crippen molar-refractivity contribution in [2.45, 2.75) is 6.42 Å². The summed E-state index contributed by atoms with van der Waals surface area (Å²) in [6.45, 7) is 0. The molecule has 4 rings (SSSR count). The molecule has 0 saturated carbocycles. The highest BCUT2D eigenvalue weighted by Crippen LogP contribution is 2.26. The number of aromatic nitrogens is 3. The second-order valence-electron chi connectivity index (χ2n) is 5.71. The van der Waals surface area contributed by atoms with Crippen LogP contribution in [-0.2, 0) is 6.42 Å². The molecule has 2 N–H and O–H groups in total. The van der Waals surface area contributed by atoms with Gasteiger partial charge in [0.1, 0.15) is 11.6 Å². The van der Waals surface area contributed by atoms with Crippen LogP contribution in [0.5, 0.6) is 11.6 Å². The molecule has 0 atom stereocenters. The molecule has 0 radical (unpaired) electrons. The molecule has 0 aliphatic carbocycles. The molecule has 4 aromatic rings. The summed E-state index contributed by atoms with van der Waals surface area (Å²) in [6.07, 6.45) is 3.95. The summed E-state index contributed by atoms with van der Waals surface area (Å²) in [4.78, 5) is 8.32. The van der Waals surface area contributed by atoms with E-state index in [4.69, 9.17) is 15.0 Å². The largest absolute Gasteiger partial charge is 0.439 e. The molecule has 6 nitrogen and oxygen atoms in total. The minimum absolute atomic E-state index is 0.414. The van der Waals surface area contributed by atoms with Gasteiger partial charge < -0.3 is 15.0 Å². The van der Waals surface area contributed by atoms with Gasteiger partial charge in [0.25, 0.3) is 0 Å². The van der Waals surface area contributed by atoms with Crippen molar-refractivity contribution in [2.24, 2.45) is 0 Å². The van der Waals surface area contributed by atoms with Crippen LogP contribution in [0.3, 0.4) is 0 Å². The maximum Gasteiger partial charge on any atom is 0.219 e. The molecule has 0 spiro atoms. The van der Waals surface area contributed by atoms with Gasteiger partial charge in [-0.3, -0.25) is 0 Å². The zero-order valence-electron chi connectivity index (χ0n) is 13.9. The number of hydrogen-bond acceptors (Lipinski definition) is 6. The molecule has 0 unspecified atom stereocenters. The Bertz CT molecular complexity index is 1020. The summed E-state index contributed by atoms with van der Waals surface area (Å²) in [5.74, 6) is 2.29. The van der Waals surface area contributed by atoms with Crippen LogP contribution >= 0.6 is 0 Å². The van der Waals surface area contributed by atoms with Crippen molar-refractivity contribution >= 4 is 5.82 Å². The summed E-state index contributed by atoms with van der Waals surface area (Å²) in [5.41, 5.74) is 8.42. The topological polar surface area (TPSA) is 87.1 Å². The third-order valence-corrected chi connectivity index (χ3v) is 3.81. The lowest BCUT2D eigenvalue weighted by Gasteiger charge is -2.05. The van der Waals surface area contributed by atoms with Crippen LogP contribution in [0.2, 0.25) is 0 Å². The normalized spacial score (nSPS) is 10.6. The van der Waals surface area contributed by atoms with E-state index < -0.39 is 0 Å². The number of anilines is 1. The second kappa shape index (κ2) is 7.06. The van der Waals surface area contributed by atoms with Crippen LogP contribution in [0.1, 0.15) is 11.3 Å². The third kappa shape index (κ3) is 3.54. The van der Waals surface area contributed by atoms with E-state index in [9.17, 15) is 0 Å². The Kier molecular flexibility index (Phi) is 4.30. The van der Waals surface area contributed by atoms with E-state index in [1.807, 2.05) is 60.7 Å². The number of benzene rings is 1. The molecular formula is C20H16N4O2. The zero-order valence-corrected chi connectivity index (χ0v) is 13.9. The van der Waals surface area contributed by atoms with Gasteiger partial charge in [0.2, 0.25) is 5.88 Å². The monoisotopic (exact) mass is 344 g/mol. The minimum Gasteiger partial charge on any atom is -0.439 e. The maximum atomic E-state index is 5.88. The van der Waals surface area contributed by atoms with Crippen molar-refractivity contribution in [1.82, 2.24) is 15.1 Å². The van der Waals surface area contributed by atoms with Gasteiger partial charge in [0.15, 0.2) is 5.76 Å². The molecular weight excluding hydrogens is 328 g/mol. The fraction of sp³-hybridized carbons (Fsp3) is 0.0500. The Morgan fingerprint density at radius 3 is 2.65 bits per heavy atom. The summed E-state index contributed by atoms with van der Waals surface area (Å²) < 4.78 is 11.2. The summed E-state index contributed by atoms with van der Waals surface area (Å²) in [5, 5.41) is 4.12. The van der Waals surface area contributed by atoms with Crippen LogP contribution in [0.15, 0.2) is 77.6 Å². The zero-order chi connectivity index (χ0) is 17.8. The van der Waals surface area contributed by atoms with Crippen molar-refractivity contribution < 1.29 is 9.26 Å². The van der Waals surface area contributed by atoms with Gasteiger partial charge in [-0.1, -0.05) is 23.4 Å². The highest BCUT2D eigenvalue weighted by atomic mass is 16.5. The first-order valence-electron chi connectivity index (χ1n) is 8.12. The first kappa shape index (κ1) is 15.8. The molecule has 3 aromatic heterocycles. The van der Waals surface area contributed by atoms with Gasteiger partial charge in [-0.25, -0.2) is 9.97 Å². The molecule has 0 saturated heterocycles. The lowest BCUT2D eigenvalue weighted by molar-refractivity contribution is 0.425. The highest BCUT2D eigenvalue weighted by molar-refractivity contribution is 5.69. The van der Waals surface area contributed by atoms with Gasteiger partial charge in [0, 0.05) is 30.9 Å². The van der Waals surface area contributed by atoms with E-state index in [1.165, 1.54) is 0 Å². The standard InChI is InChI=1S/C20H16N4O2/c21-20-17(7-4-9-23-20)18-13-15(24-26-18)11-14-8-10-22-19(12-14)25-16-5-2-1-3-6-16/h1-10,12-13H,11H2,(H2,21,23). The number of hydrogen-bond donors (Lipinski definition) is 1. The molecule has 1 aromatic carbocycles. The molecule has 0 bridgehead atoms. The molecule has 0 aliphatic heterocycles. The average molecular weight is 344 g/mol. The van der Waals surface area contributed by atoms with E-state index in [-0.39, 0.29) is 0 Å². The fourth-order valence-electron chi connectivity index (χ4n) is 2.58. The van der Waals surface area contributed by atoms with Gasteiger partial charge >= 0.3 is 0 Å². The Balaban J connectivity index is 1.51. The van der Waals surface area contributed by atoms with Crippen molar-refractivity contribution in [2.75, 3.05) is 5.73 Å². The number of rotatable bonds is 5. The van der Waals surface area contributed by atoms with Crippen molar-refractivity contribution in [3.63, 3.8) is 0 Å². The molecule has 0 fully saturated rings. The number of nitrogen functional groups attached to an aromatic ring is 1. The Hall–Kier alpha value is -3.67. The van der Waals surface area contributed by atoms with E-state index in [1.54, 1.807) is 12.4 Å². The van der Waals surface area contributed by atoms with Crippen LogP contribution < -0.4 is 10.5 Å². The summed E-state index contributed by atoms with van der Waals surface area (Å²) in [6, 6.07) is 18.9. The maximum absolute atomic E-state index is 5.88. The lowest BCUT2D eigenvalue weighted by atomic mass is 10.1. The van der Waals surface area contributed by atoms with Crippen molar-refractivity contribution in [3.05, 3.63) is 84.3 Å². The second-order valence-corrected chi connectivity index (χ2v) is 5.71. The minimum atomic E-state index is 0.414. The Labute approximate surface area is 150 Å². The summed E-state index contributed by atoms with van der Waals surface area (Å²) >= 11 is 0. The van der Waals surface area contributed by atoms with Crippen molar-refractivity contribution in [3.8, 4) is 23.0 Å². The van der Waals surface area contributed by atoms with Gasteiger partial charge in [-0.15, -0.1) is 0 Å². The molecule has 0 aliphatic rings. The number of nitrogens with two attached hydrogens (primary N) is 1. The Morgan fingerprint density at radius 2 is 1.81 bits per heavy atom. The predicted octanol–water partition coefficient (Wildman–Crippen LogP) is 4.10. The lowest BCUT2D eigenvalue weighted by Crippen LogP contribution is -1.92. The van der Waals surface area contributed by atoms with E-state index in [2.05, 4.69) is 15.1 Å². The van der Waals surface area contributed by atoms with Gasteiger partial charge in [0.05, 0.1) is 11.3 Å². The number of nitrogens with zero attached hydrogens (tertiary/aromatic N) is 3. The highest BCUT2D eigenvalue weighted by Gasteiger charge is 2.11. The fourth-order valence-corrected chi connectivity index (χ4v) is 2.58. The summed E-state index contributed by atoms with van der Waals surface area (Å²) in [7, 11) is 0. The van der Waals surface area contributed by atoms with Gasteiger partial charge in [-0.2, -0.15) is 0 Å². The first-order valence-corrected chi connectivity index (χ1v) is 8.12. The smallest absolute Gasteiger partial charge is 0.219 e. The quantitative estimate of drug-likeness (QED) is 0.586.